The Kier molecular flexibility index (Phi) is 9.28. The van der Waals surface area contributed by atoms with Gasteiger partial charge in [0.2, 0.25) is 5.91 Å². The van der Waals surface area contributed by atoms with Crippen molar-refractivity contribution >= 4 is 33.6 Å². The molecule has 1 aliphatic rings. The van der Waals surface area contributed by atoms with Gasteiger partial charge in [-0.05, 0) is 48.6 Å². The third-order valence-electron chi connectivity index (χ3n) is 5.62. The minimum absolute atomic E-state index is 0.292. The van der Waals surface area contributed by atoms with Gasteiger partial charge in [0.25, 0.3) is 0 Å². The van der Waals surface area contributed by atoms with E-state index in [0.29, 0.717) is 24.3 Å². The van der Waals surface area contributed by atoms with E-state index in [1.54, 1.807) is 0 Å². The Bertz CT molecular complexity index is 781. The summed E-state index contributed by atoms with van der Waals surface area (Å²) in [7, 11) is 0. The lowest BCUT2D eigenvalue weighted by atomic mass is 10.0. The minimum atomic E-state index is 0.292. The Morgan fingerprint density at radius 2 is 1.73 bits per heavy atom. The Balaban J connectivity index is 1.58. The topological polar surface area (TPSA) is 23.6 Å². The van der Waals surface area contributed by atoms with Gasteiger partial charge in [-0.2, -0.15) is 0 Å². The van der Waals surface area contributed by atoms with Crippen LogP contribution in [0.25, 0.3) is 0 Å². The summed E-state index contributed by atoms with van der Waals surface area (Å²) in [6, 6.07) is 19.4. The first-order valence-corrected chi connectivity index (χ1v) is 12.7. The summed E-state index contributed by atoms with van der Waals surface area (Å²) in [5.41, 5.74) is 1.37. The number of carbonyl (C=O) groups is 1. The van der Waals surface area contributed by atoms with E-state index in [9.17, 15) is 4.79 Å². The second kappa shape index (κ2) is 11.9. The van der Waals surface area contributed by atoms with Gasteiger partial charge in [-0.3, -0.25) is 4.79 Å². The molecule has 1 saturated heterocycles. The molecule has 30 heavy (non-hydrogen) atoms. The van der Waals surface area contributed by atoms with Crippen LogP contribution in [0.4, 0.5) is 0 Å². The van der Waals surface area contributed by atoms with Crippen LogP contribution >= 0.6 is 27.7 Å². The molecule has 0 aliphatic carbocycles. The molecule has 0 aromatic heterocycles. The summed E-state index contributed by atoms with van der Waals surface area (Å²) in [4.78, 5) is 18.9. The first-order valence-electron chi connectivity index (χ1n) is 11.0. The molecule has 0 saturated carbocycles. The fourth-order valence-electron chi connectivity index (χ4n) is 3.98. The maximum atomic E-state index is 13.0. The highest BCUT2D eigenvalue weighted by Crippen LogP contribution is 2.26. The molecular weight excluding hydrogens is 456 g/mol. The molecule has 1 fully saturated rings. The molecular formula is C25H33BrN2OS. The van der Waals surface area contributed by atoms with Crippen LogP contribution < -0.4 is 0 Å². The molecule has 3 rings (SSSR count). The van der Waals surface area contributed by atoms with E-state index < -0.39 is 0 Å². The molecule has 0 spiro atoms. The van der Waals surface area contributed by atoms with Crippen molar-refractivity contribution in [3.63, 3.8) is 0 Å². The summed E-state index contributed by atoms with van der Waals surface area (Å²) >= 11 is 5.37. The van der Waals surface area contributed by atoms with Gasteiger partial charge in [-0.1, -0.05) is 60.1 Å². The third-order valence-corrected chi connectivity index (χ3v) is 7.30. The zero-order valence-corrected chi connectivity index (χ0v) is 20.5. The van der Waals surface area contributed by atoms with Gasteiger partial charge in [0, 0.05) is 53.8 Å². The van der Waals surface area contributed by atoms with Crippen LogP contribution in [0.15, 0.2) is 64.0 Å². The van der Waals surface area contributed by atoms with Crippen molar-refractivity contribution < 1.29 is 4.79 Å². The van der Waals surface area contributed by atoms with Gasteiger partial charge in [0.1, 0.15) is 0 Å². The Labute approximate surface area is 194 Å². The summed E-state index contributed by atoms with van der Waals surface area (Å²) in [5, 5.41) is 0. The first kappa shape index (κ1) is 23.4. The van der Waals surface area contributed by atoms with Crippen molar-refractivity contribution in [2.45, 2.75) is 44.0 Å². The molecule has 1 atom stereocenters. The lowest BCUT2D eigenvalue weighted by Crippen LogP contribution is -2.43. The number of thioether (sulfide) groups is 1. The van der Waals surface area contributed by atoms with Crippen molar-refractivity contribution in [3.05, 3.63) is 64.6 Å². The van der Waals surface area contributed by atoms with Crippen LogP contribution in [0.2, 0.25) is 0 Å². The second-order valence-electron chi connectivity index (χ2n) is 8.46. The molecule has 0 N–H and O–H groups in total. The van der Waals surface area contributed by atoms with E-state index in [2.05, 4.69) is 94.2 Å². The third kappa shape index (κ3) is 7.44. The van der Waals surface area contributed by atoms with Crippen LogP contribution in [-0.2, 0) is 11.2 Å². The zero-order chi connectivity index (χ0) is 21.3. The molecule has 0 unspecified atom stereocenters. The molecule has 5 heteroatoms. The van der Waals surface area contributed by atoms with Crippen LogP contribution in [0.5, 0.6) is 0 Å². The minimum Gasteiger partial charge on any atom is -0.338 e. The largest absolute Gasteiger partial charge is 0.338 e. The SMILES string of the molecule is CC(C)C[C@@H](CSc1ccc(Br)cc1)N1CCN(CCc2ccccc2)CCC1=O. The highest BCUT2D eigenvalue weighted by Gasteiger charge is 2.27. The van der Waals surface area contributed by atoms with Crippen LogP contribution in [0.3, 0.4) is 0 Å². The van der Waals surface area contributed by atoms with Gasteiger partial charge < -0.3 is 9.80 Å². The van der Waals surface area contributed by atoms with Crippen molar-refractivity contribution in [1.29, 1.82) is 0 Å². The number of hydrogen-bond donors (Lipinski definition) is 0. The number of halogens is 1. The molecule has 1 amide bonds. The standard InChI is InChI=1S/C25H33BrN2OS/c1-20(2)18-23(19-30-24-10-8-22(26)9-11-24)28-17-16-27(15-13-25(28)29)14-12-21-6-4-3-5-7-21/h3-11,20,23H,12-19H2,1-2H3/t23-/m0/s1. The predicted octanol–water partition coefficient (Wildman–Crippen LogP) is 5.73. The maximum absolute atomic E-state index is 13.0. The van der Waals surface area contributed by atoms with Gasteiger partial charge >= 0.3 is 0 Å². The van der Waals surface area contributed by atoms with E-state index in [1.165, 1.54) is 10.5 Å². The zero-order valence-electron chi connectivity index (χ0n) is 18.1. The average Bonchev–Trinajstić information content (AvgIpc) is 2.93. The van der Waals surface area contributed by atoms with Crippen molar-refractivity contribution in [3.8, 4) is 0 Å². The lowest BCUT2D eigenvalue weighted by molar-refractivity contribution is -0.132. The highest BCUT2D eigenvalue weighted by atomic mass is 79.9. The monoisotopic (exact) mass is 488 g/mol. The molecule has 2 aromatic carbocycles. The van der Waals surface area contributed by atoms with Crippen molar-refractivity contribution in [2.75, 3.05) is 31.9 Å². The first-order chi connectivity index (χ1) is 14.5. The Morgan fingerprint density at radius 1 is 1.00 bits per heavy atom. The fourth-order valence-corrected chi connectivity index (χ4v) is 5.27. The average molecular weight is 490 g/mol. The van der Waals surface area contributed by atoms with Crippen molar-refractivity contribution in [2.24, 2.45) is 5.92 Å². The lowest BCUT2D eigenvalue weighted by Gasteiger charge is -2.32. The molecule has 2 aromatic rings. The van der Waals surface area contributed by atoms with Crippen molar-refractivity contribution in [1.82, 2.24) is 9.80 Å². The Hall–Kier alpha value is -1.30. The molecule has 0 bridgehead atoms. The summed E-state index contributed by atoms with van der Waals surface area (Å²) in [5.74, 6) is 1.85. The van der Waals surface area contributed by atoms with Gasteiger partial charge in [0.05, 0.1) is 0 Å². The van der Waals surface area contributed by atoms with E-state index in [-0.39, 0.29) is 0 Å². The second-order valence-corrected chi connectivity index (χ2v) is 10.5. The summed E-state index contributed by atoms with van der Waals surface area (Å²) in [6.45, 7) is 8.21. The van der Waals surface area contributed by atoms with Crippen LogP contribution in [0, 0.1) is 5.92 Å². The number of hydrogen-bond acceptors (Lipinski definition) is 3. The quantitative estimate of drug-likeness (QED) is 0.420. The van der Waals surface area contributed by atoms with Gasteiger partial charge in [0.15, 0.2) is 0 Å². The van der Waals surface area contributed by atoms with Crippen LogP contribution in [-0.4, -0.2) is 53.7 Å². The summed E-state index contributed by atoms with van der Waals surface area (Å²) < 4.78 is 1.10. The van der Waals surface area contributed by atoms with E-state index in [4.69, 9.17) is 0 Å². The Morgan fingerprint density at radius 3 is 2.43 bits per heavy atom. The molecule has 1 heterocycles. The molecule has 1 aliphatic heterocycles. The highest BCUT2D eigenvalue weighted by molar-refractivity contribution is 9.10. The number of amides is 1. The van der Waals surface area contributed by atoms with Gasteiger partial charge in [-0.25, -0.2) is 0 Å². The summed E-state index contributed by atoms with van der Waals surface area (Å²) in [6.07, 6.45) is 2.73. The van der Waals surface area contributed by atoms with E-state index in [1.807, 2.05) is 11.8 Å². The molecule has 0 radical (unpaired) electrons. The number of nitrogens with zero attached hydrogens (tertiary/aromatic N) is 2. The predicted molar refractivity (Wildman–Crippen MR) is 131 cm³/mol. The smallest absolute Gasteiger partial charge is 0.224 e. The number of benzene rings is 2. The maximum Gasteiger partial charge on any atom is 0.224 e. The van der Waals surface area contributed by atoms with Crippen LogP contribution in [0.1, 0.15) is 32.3 Å². The van der Waals surface area contributed by atoms with E-state index in [0.717, 1.165) is 49.2 Å². The number of rotatable bonds is 9. The number of carbonyl (C=O) groups excluding carboxylic acids is 1. The molecule has 3 nitrogen and oxygen atoms in total. The normalized spacial score (nSPS) is 16.7. The fraction of sp³-hybridized carbons (Fsp3) is 0.480. The van der Waals surface area contributed by atoms with E-state index >= 15 is 0 Å². The van der Waals surface area contributed by atoms with Gasteiger partial charge in [-0.15, -0.1) is 11.8 Å². The molecule has 162 valence electrons.